The topological polar surface area (TPSA) is 17.0 Å². The average Bonchev–Trinajstić information content (AvgIpc) is 2.70. The molecule has 0 saturated heterocycles. The van der Waals surface area contributed by atoms with Gasteiger partial charge in [-0.1, -0.05) is 22.0 Å². The largest absolute Gasteiger partial charge is 0.319 e. The number of hydrogen-bond donors (Lipinski definition) is 1. The molecule has 1 N–H and O–H groups in total. The van der Waals surface area contributed by atoms with Gasteiger partial charge in [0.2, 0.25) is 0 Å². The Bertz CT molecular complexity index is 468. The highest BCUT2D eigenvalue weighted by Crippen LogP contribution is 2.21. The van der Waals surface area contributed by atoms with Crippen molar-refractivity contribution < 1.29 is 4.39 Å². The lowest BCUT2D eigenvalue weighted by Crippen LogP contribution is -2.17. The summed E-state index contributed by atoms with van der Waals surface area (Å²) in [7, 11) is 0. The standard InChI is InChI=1S/C12H12BrFN2/c1-9(15-16-6-2-3-7-16)11-5-4-10(13)8-12(11)14/h2-9,15H,1H3. The molecule has 0 saturated carbocycles. The Morgan fingerprint density at radius 2 is 2.00 bits per heavy atom. The molecule has 0 aliphatic rings. The number of benzene rings is 1. The van der Waals surface area contributed by atoms with E-state index in [4.69, 9.17) is 0 Å². The molecule has 1 unspecified atom stereocenters. The first-order valence-corrected chi connectivity index (χ1v) is 5.80. The van der Waals surface area contributed by atoms with E-state index in [2.05, 4.69) is 21.4 Å². The van der Waals surface area contributed by atoms with Crippen molar-refractivity contribution in [2.45, 2.75) is 13.0 Å². The number of halogens is 2. The Hall–Kier alpha value is -1.29. The van der Waals surface area contributed by atoms with Crippen LogP contribution in [0.4, 0.5) is 4.39 Å². The first kappa shape index (κ1) is 11.2. The Morgan fingerprint density at radius 3 is 2.62 bits per heavy atom. The lowest BCUT2D eigenvalue weighted by atomic mass is 10.1. The van der Waals surface area contributed by atoms with Crippen molar-refractivity contribution in [2.24, 2.45) is 0 Å². The van der Waals surface area contributed by atoms with Crippen LogP contribution in [0, 0.1) is 5.82 Å². The quantitative estimate of drug-likeness (QED) is 0.909. The Kier molecular flexibility index (Phi) is 3.29. The number of hydrogen-bond acceptors (Lipinski definition) is 1. The van der Waals surface area contributed by atoms with Gasteiger partial charge in [-0.15, -0.1) is 0 Å². The molecular formula is C12H12BrFN2. The molecule has 84 valence electrons. The van der Waals surface area contributed by atoms with E-state index in [9.17, 15) is 4.39 Å². The summed E-state index contributed by atoms with van der Waals surface area (Å²) in [5.41, 5.74) is 3.81. The molecule has 0 aliphatic carbocycles. The minimum absolute atomic E-state index is 0.0829. The molecule has 0 amide bonds. The molecule has 1 atom stereocenters. The first-order chi connectivity index (χ1) is 7.66. The number of rotatable bonds is 3. The van der Waals surface area contributed by atoms with Crippen molar-refractivity contribution in [1.82, 2.24) is 4.68 Å². The van der Waals surface area contributed by atoms with E-state index in [1.54, 1.807) is 6.07 Å². The lowest BCUT2D eigenvalue weighted by molar-refractivity contribution is 0.587. The fraction of sp³-hybridized carbons (Fsp3) is 0.167. The molecule has 0 spiro atoms. The zero-order valence-electron chi connectivity index (χ0n) is 8.82. The van der Waals surface area contributed by atoms with E-state index in [1.165, 1.54) is 6.07 Å². The molecule has 0 bridgehead atoms. The molecule has 1 aromatic heterocycles. The first-order valence-electron chi connectivity index (χ1n) is 5.01. The molecule has 0 aliphatic heterocycles. The third-order valence-electron chi connectivity index (χ3n) is 2.38. The van der Waals surface area contributed by atoms with E-state index in [0.717, 1.165) is 4.47 Å². The zero-order valence-corrected chi connectivity index (χ0v) is 10.4. The summed E-state index contributed by atoms with van der Waals surface area (Å²) < 4.78 is 16.2. The molecule has 1 aromatic carbocycles. The van der Waals surface area contributed by atoms with Crippen LogP contribution >= 0.6 is 15.9 Å². The van der Waals surface area contributed by atoms with Gasteiger partial charge < -0.3 is 5.43 Å². The van der Waals surface area contributed by atoms with Gasteiger partial charge in [-0.3, -0.25) is 4.68 Å². The molecule has 0 radical (unpaired) electrons. The van der Waals surface area contributed by atoms with Gasteiger partial charge in [-0.25, -0.2) is 4.39 Å². The van der Waals surface area contributed by atoms with Crippen molar-refractivity contribution in [3.8, 4) is 0 Å². The maximum atomic E-state index is 13.7. The predicted octanol–water partition coefficient (Wildman–Crippen LogP) is 3.69. The zero-order chi connectivity index (χ0) is 11.5. The van der Waals surface area contributed by atoms with Crippen LogP contribution < -0.4 is 5.43 Å². The lowest BCUT2D eigenvalue weighted by Gasteiger charge is -2.17. The van der Waals surface area contributed by atoms with Gasteiger partial charge in [0.1, 0.15) is 5.82 Å². The second-order valence-electron chi connectivity index (χ2n) is 3.61. The van der Waals surface area contributed by atoms with Crippen molar-refractivity contribution in [1.29, 1.82) is 0 Å². The van der Waals surface area contributed by atoms with Gasteiger partial charge in [0.25, 0.3) is 0 Å². The third-order valence-corrected chi connectivity index (χ3v) is 2.87. The van der Waals surface area contributed by atoms with Gasteiger partial charge in [-0.05, 0) is 31.2 Å². The van der Waals surface area contributed by atoms with Crippen LogP contribution in [0.25, 0.3) is 0 Å². The van der Waals surface area contributed by atoms with Crippen molar-refractivity contribution in [3.05, 3.63) is 58.6 Å². The highest BCUT2D eigenvalue weighted by atomic mass is 79.9. The van der Waals surface area contributed by atoms with Crippen LogP contribution in [-0.2, 0) is 0 Å². The minimum atomic E-state index is -0.207. The fourth-order valence-corrected chi connectivity index (χ4v) is 1.90. The second-order valence-corrected chi connectivity index (χ2v) is 4.52. The van der Waals surface area contributed by atoms with E-state index in [1.807, 2.05) is 42.2 Å². The van der Waals surface area contributed by atoms with Crippen molar-refractivity contribution in [2.75, 3.05) is 5.43 Å². The smallest absolute Gasteiger partial charge is 0.129 e. The highest BCUT2D eigenvalue weighted by Gasteiger charge is 2.10. The molecule has 4 heteroatoms. The minimum Gasteiger partial charge on any atom is -0.319 e. The van der Waals surface area contributed by atoms with Crippen molar-refractivity contribution in [3.63, 3.8) is 0 Å². The van der Waals surface area contributed by atoms with Crippen LogP contribution in [0.1, 0.15) is 18.5 Å². The molecule has 1 heterocycles. The third kappa shape index (κ3) is 2.44. The molecule has 16 heavy (non-hydrogen) atoms. The Morgan fingerprint density at radius 1 is 1.31 bits per heavy atom. The Balaban J connectivity index is 2.17. The van der Waals surface area contributed by atoms with Gasteiger partial charge in [0.15, 0.2) is 0 Å². The highest BCUT2D eigenvalue weighted by molar-refractivity contribution is 9.10. The van der Waals surface area contributed by atoms with E-state index in [-0.39, 0.29) is 11.9 Å². The SMILES string of the molecule is CC(Nn1cccc1)c1ccc(Br)cc1F. The van der Waals surface area contributed by atoms with Crippen LogP contribution in [-0.4, -0.2) is 4.68 Å². The van der Waals surface area contributed by atoms with E-state index in [0.29, 0.717) is 5.56 Å². The number of nitrogens with one attached hydrogen (secondary N) is 1. The van der Waals surface area contributed by atoms with E-state index >= 15 is 0 Å². The number of nitrogens with zero attached hydrogens (tertiary/aromatic N) is 1. The molecule has 2 rings (SSSR count). The van der Waals surface area contributed by atoms with Crippen LogP contribution in [0.15, 0.2) is 47.2 Å². The fourth-order valence-electron chi connectivity index (χ4n) is 1.57. The summed E-state index contributed by atoms with van der Waals surface area (Å²) in [6, 6.07) is 8.84. The van der Waals surface area contributed by atoms with Crippen molar-refractivity contribution >= 4 is 15.9 Å². The van der Waals surface area contributed by atoms with Crippen LogP contribution in [0.5, 0.6) is 0 Å². The Labute approximate surface area is 102 Å². The summed E-state index contributed by atoms with van der Waals surface area (Å²) in [6.07, 6.45) is 3.76. The van der Waals surface area contributed by atoms with E-state index < -0.39 is 0 Å². The van der Waals surface area contributed by atoms with Gasteiger partial charge in [-0.2, -0.15) is 0 Å². The summed E-state index contributed by atoms with van der Waals surface area (Å²) in [5.74, 6) is -0.207. The van der Waals surface area contributed by atoms with Gasteiger partial charge in [0, 0.05) is 22.4 Å². The van der Waals surface area contributed by atoms with Gasteiger partial charge >= 0.3 is 0 Å². The molecule has 2 nitrogen and oxygen atoms in total. The monoisotopic (exact) mass is 282 g/mol. The average molecular weight is 283 g/mol. The maximum absolute atomic E-state index is 13.7. The van der Waals surface area contributed by atoms with Crippen LogP contribution in [0.3, 0.4) is 0 Å². The molecule has 2 aromatic rings. The summed E-state index contributed by atoms with van der Waals surface area (Å²) in [6.45, 7) is 1.92. The maximum Gasteiger partial charge on any atom is 0.129 e. The van der Waals surface area contributed by atoms with Gasteiger partial charge in [0.05, 0.1) is 6.04 Å². The number of aromatic nitrogens is 1. The summed E-state index contributed by atoms with van der Waals surface area (Å²) in [4.78, 5) is 0. The summed E-state index contributed by atoms with van der Waals surface area (Å²) in [5, 5.41) is 0. The molecular weight excluding hydrogens is 271 g/mol. The molecule has 0 fully saturated rings. The summed E-state index contributed by atoms with van der Waals surface area (Å²) >= 11 is 3.24. The normalized spacial score (nSPS) is 12.4. The second kappa shape index (κ2) is 4.70. The predicted molar refractivity (Wildman–Crippen MR) is 66.3 cm³/mol. The van der Waals surface area contributed by atoms with Crippen LogP contribution in [0.2, 0.25) is 0 Å².